The van der Waals surface area contributed by atoms with Crippen molar-refractivity contribution in [1.29, 1.82) is 0 Å². The molecule has 120 valence electrons. The molecule has 0 aromatic heterocycles. The lowest BCUT2D eigenvalue weighted by Crippen LogP contribution is -2.64. The molecule has 2 fully saturated rings. The van der Waals surface area contributed by atoms with E-state index in [9.17, 15) is 9.59 Å². The van der Waals surface area contributed by atoms with Gasteiger partial charge in [0.15, 0.2) is 0 Å². The van der Waals surface area contributed by atoms with Gasteiger partial charge in [0, 0.05) is 19.6 Å². The Morgan fingerprint density at radius 3 is 2.43 bits per heavy atom. The van der Waals surface area contributed by atoms with Gasteiger partial charge in [0.25, 0.3) is 5.91 Å². The Kier molecular flexibility index (Phi) is 5.05. The number of rotatable bonds is 2. The lowest BCUT2D eigenvalue weighted by atomic mass is 10.2. The minimum Gasteiger partial charge on any atom is -0.441 e. The van der Waals surface area contributed by atoms with Crippen LogP contribution in [-0.4, -0.2) is 65.5 Å². The highest BCUT2D eigenvalue weighted by Crippen LogP contribution is 2.18. The second kappa shape index (κ2) is 6.62. The number of carbonyl (C=O) groups is 2. The molecule has 0 aliphatic carbocycles. The van der Waals surface area contributed by atoms with E-state index < -0.39 is 11.7 Å². The average molecular weight is 298 g/mol. The fraction of sp³-hybridized carbons (Fsp3) is 0.857. The van der Waals surface area contributed by atoms with Crippen molar-refractivity contribution in [3.8, 4) is 0 Å². The minimum absolute atomic E-state index is 0.0994. The van der Waals surface area contributed by atoms with Crippen molar-refractivity contribution in [2.24, 2.45) is 0 Å². The fourth-order valence-corrected chi connectivity index (χ4v) is 2.53. The molecule has 2 amide bonds. The highest BCUT2D eigenvalue weighted by atomic mass is 16.6. The van der Waals surface area contributed by atoms with Gasteiger partial charge in [-0.2, -0.15) is 5.01 Å². The number of nitrogens with one attached hydrogen (secondary N) is 1. The standard InChI is InChI=1S/C14H26N4O3/c1-14(2,3)21-13(20)18(16-8-5-4-6-9-16)17-10-7-15-11-12(17)19/h15H,4-11H2,1-3H3. The van der Waals surface area contributed by atoms with Gasteiger partial charge < -0.3 is 10.1 Å². The van der Waals surface area contributed by atoms with Gasteiger partial charge in [-0.25, -0.2) is 9.80 Å². The molecule has 0 bridgehead atoms. The fourth-order valence-electron chi connectivity index (χ4n) is 2.53. The molecule has 7 heteroatoms. The smallest absolute Gasteiger partial charge is 0.441 e. The van der Waals surface area contributed by atoms with Crippen LogP contribution in [0.1, 0.15) is 40.0 Å². The van der Waals surface area contributed by atoms with E-state index in [1.807, 2.05) is 25.8 Å². The first-order valence-corrected chi connectivity index (χ1v) is 7.67. The third-order valence-electron chi connectivity index (χ3n) is 3.45. The summed E-state index contributed by atoms with van der Waals surface area (Å²) in [6.45, 7) is 8.46. The highest BCUT2D eigenvalue weighted by molar-refractivity contribution is 5.81. The van der Waals surface area contributed by atoms with Crippen molar-refractivity contribution in [3.05, 3.63) is 0 Å². The van der Waals surface area contributed by atoms with Gasteiger partial charge in [-0.15, -0.1) is 5.12 Å². The predicted molar refractivity (Wildman–Crippen MR) is 78.1 cm³/mol. The first-order valence-electron chi connectivity index (χ1n) is 7.67. The zero-order valence-electron chi connectivity index (χ0n) is 13.2. The molecule has 21 heavy (non-hydrogen) atoms. The Balaban J connectivity index is 2.16. The number of hydrazine groups is 2. The van der Waals surface area contributed by atoms with Crippen molar-refractivity contribution in [2.75, 3.05) is 32.7 Å². The second-order valence-electron chi connectivity index (χ2n) is 6.48. The zero-order chi connectivity index (χ0) is 15.5. The number of piperidine rings is 1. The number of amides is 2. The Hall–Kier alpha value is -1.34. The highest BCUT2D eigenvalue weighted by Gasteiger charge is 2.36. The molecular formula is C14H26N4O3. The SMILES string of the molecule is CC(C)(C)OC(=O)N(N1CCCCC1)N1CCNCC1=O. The Morgan fingerprint density at radius 2 is 1.86 bits per heavy atom. The summed E-state index contributed by atoms with van der Waals surface area (Å²) in [6, 6.07) is 0. The quantitative estimate of drug-likeness (QED) is 0.823. The molecule has 2 aliphatic heterocycles. The summed E-state index contributed by atoms with van der Waals surface area (Å²) in [5.41, 5.74) is -0.581. The van der Waals surface area contributed by atoms with E-state index in [1.165, 1.54) is 10.1 Å². The van der Waals surface area contributed by atoms with Crippen LogP contribution in [0, 0.1) is 0 Å². The number of ether oxygens (including phenoxy) is 1. The lowest BCUT2D eigenvalue weighted by molar-refractivity contribution is -0.191. The lowest BCUT2D eigenvalue weighted by Gasteiger charge is -2.44. The third kappa shape index (κ3) is 4.31. The van der Waals surface area contributed by atoms with Crippen molar-refractivity contribution in [2.45, 2.75) is 45.6 Å². The van der Waals surface area contributed by atoms with Gasteiger partial charge in [0.2, 0.25) is 0 Å². The van der Waals surface area contributed by atoms with Crippen molar-refractivity contribution in [3.63, 3.8) is 0 Å². The van der Waals surface area contributed by atoms with Gasteiger partial charge >= 0.3 is 6.09 Å². The summed E-state index contributed by atoms with van der Waals surface area (Å²) in [7, 11) is 0. The van der Waals surface area contributed by atoms with E-state index in [1.54, 1.807) is 0 Å². The second-order valence-corrected chi connectivity index (χ2v) is 6.48. The van der Waals surface area contributed by atoms with E-state index in [2.05, 4.69) is 5.32 Å². The van der Waals surface area contributed by atoms with Gasteiger partial charge in [0.05, 0.1) is 13.1 Å². The van der Waals surface area contributed by atoms with Crippen LogP contribution >= 0.6 is 0 Å². The van der Waals surface area contributed by atoms with Crippen LogP contribution in [-0.2, 0) is 9.53 Å². The Labute approximate surface area is 126 Å². The third-order valence-corrected chi connectivity index (χ3v) is 3.45. The first kappa shape index (κ1) is 16.0. The van der Waals surface area contributed by atoms with Crippen molar-refractivity contribution in [1.82, 2.24) is 20.5 Å². The van der Waals surface area contributed by atoms with E-state index in [0.717, 1.165) is 32.4 Å². The largest absolute Gasteiger partial charge is 0.444 e. The summed E-state index contributed by atoms with van der Waals surface area (Å²) < 4.78 is 5.49. The van der Waals surface area contributed by atoms with Crippen molar-refractivity contribution < 1.29 is 14.3 Å². The summed E-state index contributed by atoms with van der Waals surface area (Å²) >= 11 is 0. The summed E-state index contributed by atoms with van der Waals surface area (Å²) in [6.07, 6.45) is 2.74. The number of carbonyl (C=O) groups excluding carboxylic acids is 2. The van der Waals surface area contributed by atoms with E-state index >= 15 is 0 Å². The van der Waals surface area contributed by atoms with Gasteiger partial charge in [0.1, 0.15) is 5.60 Å². The molecule has 0 atom stereocenters. The normalized spacial score (nSPS) is 21.3. The summed E-state index contributed by atoms with van der Waals surface area (Å²) in [5.74, 6) is -0.0994. The maximum Gasteiger partial charge on any atom is 0.444 e. The molecule has 1 N–H and O–H groups in total. The van der Waals surface area contributed by atoms with Crippen LogP contribution in [0.4, 0.5) is 4.79 Å². The number of hydrogen-bond donors (Lipinski definition) is 1. The number of piperazine rings is 1. The zero-order valence-corrected chi connectivity index (χ0v) is 13.2. The van der Waals surface area contributed by atoms with E-state index in [-0.39, 0.29) is 12.5 Å². The molecule has 0 aromatic carbocycles. The van der Waals surface area contributed by atoms with Crippen LogP contribution < -0.4 is 5.32 Å². The van der Waals surface area contributed by atoms with Crippen molar-refractivity contribution >= 4 is 12.0 Å². The molecular weight excluding hydrogens is 272 g/mol. The predicted octanol–water partition coefficient (Wildman–Crippen LogP) is 0.971. The maximum absolute atomic E-state index is 12.6. The molecule has 2 rings (SSSR count). The monoisotopic (exact) mass is 298 g/mol. The molecule has 0 radical (unpaired) electrons. The van der Waals surface area contributed by atoms with Crippen LogP contribution in [0.25, 0.3) is 0 Å². The summed E-state index contributed by atoms with van der Waals surface area (Å²) in [5, 5.41) is 7.89. The summed E-state index contributed by atoms with van der Waals surface area (Å²) in [4.78, 5) is 24.7. The number of nitrogens with zero attached hydrogens (tertiary/aromatic N) is 3. The van der Waals surface area contributed by atoms with Crippen LogP contribution in [0.3, 0.4) is 0 Å². The van der Waals surface area contributed by atoms with E-state index in [0.29, 0.717) is 13.1 Å². The molecule has 0 aromatic rings. The Bertz CT molecular complexity index is 388. The van der Waals surface area contributed by atoms with Crippen LogP contribution in [0.15, 0.2) is 0 Å². The molecule has 0 unspecified atom stereocenters. The molecule has 2 heterocycles. The minimum atomic E-state index is -0.581. The Morgan fingerprint density at radius 1 is 1.19 bits per heavy atom. The molecule has 0 spiro atoms. The van der Waals surface area contributed by atoms with Crippen LogP contribution in [0.2, 0.25) is 0 Å². The first-order chi connectivity index (χ1) is 9.88. The van der Waals surface area contributed by atoms with E-state index in [4.69, 9.17) is 4.74 Å². The van der Waals surface area contributed by atoms with Gasteiger partial charge in [-0.3, -0.25) is 4.79 Å². The molecule has 2 saturated heterocycles. The molecule has 0 saturated carbocycles. The topological polar surface area (TPSA) is 65.1 Å². The van der Waals surface area contributed by atoms with Crippen LogP contribution in [0.5, 0.6) is 0 Å². The molecule has 7 nitrogen and oxygen atoms in total. The van der Waals surface area contributed by atoms with Gasteiger partial charge in [-0.1, -0.05) is 6.42 Å². The molecule has 2 aliphatic rings. The number of hydrogen-bond acceptors (Lipinski definition) is 5. The maximum atomic E-state index is 12.6. The van der Waals surface area contributed by atoms with Gasteiger partial charge in [-0.05, 0) is 33.6 Å². The average Bonchev–Trinajstić information content (AvgIpc) is 2.40.